The molecule has 3 atom stereocenters. The normalized spacial score (nSPS) is 22.4. The molecule has 1 saturated carbocycles. The number of amides is 1. The van der Waals surface area contributed by atoms with Crippen LogP contribution in [0.2, 0.25) is 0 Å². The predicted octanol–water partition coefficient (Wildman–Crippen LogP) is 5.95. The number of aromatic hydroxyl groups is 1. The van der Waals surface area contributed by atoms with E-state index in [2.05, 4.69) is 46.7 Å². The van der Waals surface area contributed by atoms with Crippen LogP contribution in [0.4, 0.5) is 0 Å². The maximum atomic E-state index is 13.9. The van der Waals surface area contributed by atoms with Crippen LogP contribution in [0, 0.1) is 5.92 Å². The molecule has 0 bridgehead atoms. The zero-order valence-corrected chi connectivity index (χ0v) is 28.4. The van der Waals surface area contributed by atoms with Crippen LogP contribution in [0.5, 0.6) is 5.75 Å². The second-order valence-electron chi connectivity index (χ2n) is 13.9. The molecule has 8 nitrogen and oxygen atoms in total. The summed E-state index contributed by atoms with van der Waals surface area (Å²) in [5.74, 6) is 1.15. The van der Waals surface area contributed by atoms with Crippen molar-refractivity contribution in [3.63, 3.8) is 0 Å². The van der Waals surface area contributed by atoms with Crippen LogP contribution in [0.15, 0.2) is 48.5 Å². The van der Waals surface area contributed by atoms with Crippen molar-refractivity contribution in [2.75, 3.05) is 59.0 Å². The summed E-state index contributed by atoms with van der Waals surface area (Å²) in [6.07, 6.45) is 8.37. The molecule has 3 aliphatic rings. The van der Waals surface area contributed by atoms with Gasteiger partial charge in [0.1, 0.15) is 5.75 Å². The zero-order valence-electron chi connectivity index (χ0n) is 28.4. The number of piperazine rings is 1. The lowest BCUT2D eigenvalue weighted by molar-refractivity contribution is -0.143. The summed E-state index contributed by atoms with van der Waals surface area (Å²) < 4.78 is 5.02. The summed E-state index contributed by atoms with van der Waals surface area (Å²) >= 11 is 0. The van der Waals surface area contributed by atoms with Gasteiger partial charge in [-0.2, -0.15) is 0 Å². The third-order valence-corrected chi connectivity index (χ3v) is 10.1. The van der Waals surface area contributed by atoms with E-state index in [1.54, 1.807) is 6.07 Å². The van der Waals surface area contributed by atoms with Gasteiger partial charge in [0.05, 0.1) is 12.6 Å². The van der Waals surface area contributed by atoms with Gasteiger partial charge in [0.15, 0.2) is 0 Å². The lowest BCUT2D eigenvalue weighted by Crippen LogP contribution is -2.57. The number of carbonyl (C=O) groups is 2. The fraction of sp³-hybridized carbons (Fsp3) is 0.632. The standard InChI is InChI=1S/C38H56N4O4/c1-4-46-36(44)16-7-5-6-8-19-39-20-11-21-40(23-22-39)38(45)34-14-9-12-32(24-34)37(33-13-10-15-35(43)25-33)42-27-29(2)41(26-30(42)3)28-31-17-18-31/h9-10,12-15,24-25,29-31,37,43H,4-8,11,16-23,26-28H2,1-3H3/t29-,30+,37-/m1/s1. The molecule has 0 aromatic heterocycles. The Bertz CT molecular complexity index is 1280. The van der Waals surface area contributed by atoms with E-state index in [4.69, 9.17) is 4.74 Å². The molecule has 2 heterocycles. The van der Waals surface area contributed by atoms with Crippen molar-refractivity contribution in [2.24, 2.45) is 5.92 Å². The van der Waals surface area contributed by atoms with E-state index in [-0.39, 0.29) is 23.7 Å². The highest BCUT2D eigenvalue weighted by Crippen LogP contribution is 2.37. The number of hydrogen-bond donors (Lipinski definition) is 1. The Morgan fingerprint density at radius 1 is 0.891 bits per heavy atom. The molecule has 3 fully saturated rings. The van der Waals surface area contributed by atoms with E-state index < -0.39 is 0 Å². The summed E-state index contributed by atoms with van der Waals surface area (Å²) in [6, 6.07) is 16.6. The van der Waals surface area contributed by atoms with Gasteiger partial charge in [-0.15, -0.1) is 0 Å². The first-order valence-corrected chi connectivity index (χ1v) is 17.9. The van der Waals surface area contributed by atoms with Gasteiger partial charge in [0, 0.05) is 63.3 Å². The Morgan fingerprint density at radius 2 is 1.65 bits per heavy atom. The van der Waals surface area contributed by atoms with Crippen molar-refractivity contribution < 1.29 is 19.4 Å². The van der Waals surface area contributed by atoms with Gasteiger partial charge in [-0.3, -0.25) is 19.4 Å². The average molecular weight is 633 g/mol. The number of hydrogen-bond acceptors (Lipinski definition) is 7. The molecule has 252 valence electrons. The molecule has 0 radical (unpaired) electrons. The van der Waals surface area contributed by atoms with Crippen LogP contribution >= 0.6 is 0 Å². The Hall–Kier alpha value is -2.94. The monoisotopic (exact) mass is 632 g/mol. The lowest BCUT2D eigenvalue weighted by atomic mass is 9.92. The van der Waals surface area contributed by atoms with Crippen molar-refractivity contribution in [1.29, 1.82) is 0 Å². The molecular weight excluding hydrogens is 576 g/mol. The number of unbranched alkanes of at least 4 members (excludes halogenated alkanes) is 3. The van der Waals surface area contributed by atoms with Crippen molar-refractivity contribution in [3.05, 3.63) is 65.2 Å². The Kier molecular flexibility index (Phi) is 12.5. The van der Waals surface area contributed by atoms with E-state index in [1.165, 1.54) is 19.4 Å². The lowest BCUT2D eigenvalue weighted by Gasteiger charge is -2.48. The van der Waals surface area contributed by atoms with Gasteiger partial charge < -0.3 is 19.6 Å². The van der Waals surface area contributed by atoms with Crippen molar-refractivity contribution >= 4 is 11.9 Å². The zero-order chi connectivity index (χ0) is 32.5. The Labute approximate surface area is 276 Å². The summed E-state index contributed by atoms with van der Waals surface area (Å²) in [5, 5.41) is 10.5. The SMILES string of the molecule is CCOC(=O)CCCCCCN1CCCN(C(=O)c2cccc([C@H](c3cccc(O)c3)N3C[C@@H](C)N(CC4CC4)C[C@@H]3C)c2)CC1. The molecular formula is C38H56N4O4. The van der Waals surface area contributed by atoms with Crippen molar-refractivity contribution in [3.8, 4) is 5.75 Å². The fourth-order valence-electron chi connectivity index (χ4n) is 7.35. The second-order valence-corrected chi connectivity index (χ2v) is 13.9. The summed E-state index contributed by atoms with van der Waals surface area (Å²) in [4.78, 5) is 35.2. The highest BCUT2D eigenvalue weighted by atomic mass is 16.5. The quantitative estimate of drug-likeness (QED) is 0.204. The number of ether oxygens (including phenoxy) is 1. The summed E-state index contributed by atoms with van der Waals surface area (Å²) in [5.41, 5.74) is 2.90. The number of benzene rings is 2. The molecule has 1 amide bonds. The van der Waals surface area contributed by atoms with Gasteiger partial charge in [-0.25, -0.2) is 0 Å². The Morgan fingerprint density at radius 3 is 2.41 bits per heavy atom. The number of esters is 1. The molecule has 1 N–H and O–H groups in total. The van der Waals surface area contributed by atoms with Crippen LogP contribution < -0.4 is 0 Å². The van der Waals surface area contributed by atoms with E-state index in [1.807, 2.05) is 36.1 Å². The molecule has 2 saturated heterocycles. The minimum atomic E-state index is -0.0914. The topological polar surface area (TPSA) is 76.6 Å². The number of rotatable bonds is 14. The smallest absolute Gasteiger partial charge is 0.305 e. The largest absolute Gasteiger partial charge is 0.508 e. The molecule has 0 unspecified atom stereocenters. The van der Waals surface area contributed by atoms with Crippen molar-refractivity contribution in [1.82, 2.24) is 19.6 Å². The number of phenols is 1. The number of carbonyl (C=O) groups excluding carboxylic acids is 2. The van der Waals surface area contributed by atoms with Crippen LogP contribution in [0.1, 0.15) is 99.7 Å². The van der Waals surface area contributed by atoms with E-state index in [0.717, 1.165) is 101 Å². The molecule has 2 aliphatic heterocycles. The van der Waals surface area contributed by atoms with E-state index >= 15 is 0 Å². The predicted molar refractivity (Wildman–Crippen MR) is 183 cm³/mol. The van der Waals surface area contributed by atoms with Crippen LogP contribution in [0.25, 0.3) is 0 Å². The van der Waals surface area contributed by atoms with Gasteiger partial charge in [-0.05, 0) is 107 Å². The minimum absolute atomic E-state index is 0.0442. The van der Waals surface area contributed by atoms with Gasteiger partial charge >= 0.3 is 5.97 Å². The second kappa shape index (κ2) is 16.8. The van der Waals surface area contributed by atoms with E-state index in [9.17, 15) is 14.7 Å². The molecule has 46 heavy (non-hydrogen) atoms. The van der Waals surface area contributed by atoms with Gasteiger partial charge in [0.2, 0.25) is 0 Å². The average Bonchev–Trinajstić information content (AvgIpc) is 3.89. The van der Waals surface area contributed by atoms with Crippen LogP contribution in [-0.2, 0) is 9.53 Å². The molecule has 2 aromatic rings. The first-order valence-electron chi connectivity index (χ1n) is 17.9. The van der Waals surface area contributed by atoms with Gasteiger partial charge in [0.25, 0.3) is 5.91 Å². The Balaban J connectivity index is 1.21. The maximum absolute atomic E-state index is 13.9. The first-order chi connectivity index (χ1) is 22.3. The summed E-state index contributed by atoms with van der Waals surface area (Å²) in [6.45, 7) is 14.6. The minimum Gasteiger partial charge on any atom is -0.508 e. The maximum Gasteiger partial charge on any atom is 0.305 e. The molecule has 5 rings (SSSR count). The fourth-order valence-corrected chi connectivity index (χ4v) is 7.35. The van der Waals surface area contributed by atoms with Gasteiger partial charge in [-0.1, -0.05) is 37.1 Å². The van der Waals surface area contributed by atoms with Crippen LogP contribution in [0.3, 0.4) is 0 Å². The van der Waals surface area contributed by atoms with Crippen molar-refractivity contribution in [2.45, 2.75) is 90.3 Å². The third kappa shape index (κ3) is 9.55. The number of phenolic OH excluding ortho intramolecular Hbond substituents is 1. The third-order valence-electron chi connectivity index (χ3n) is 10.1. The van der Waals surface area contributed by atoms with E-state index in [0.29, 0.717) is 25.1 Å². The molecule has 8 heteroatoms. The number of nitrogens with zero attached hydrogens (tertiary/aromatic N) is 4. The molecule has 2 aromatic carbocycles. The molecule has 0 spiro atoms. The van der Waals surface area contributed by atoms with Crippen LogP contribution in [-0.4, -0.2) is 108 Å². The first kappa shape index (κ1) is 34.4. The highest BCUT2D eigenvalue weighted by molar-refractivity contribution is 5.94. The molecule has 1 aliphatic carbocycles. The summed E-state index contributed by atoms with van der Waals surface area (Å²) in [7, 11) is 0. The highest BCUT2D eigenvalue weighted by Gasteiger charge is 2.37.